The lowest BCUT2D eigenvalue weighted by Gasteiger charge is -2.24. The van der Waals surface area contributed by atoms with Gasteiger partial charge in [-0.05, 0) is 18.6 Å². The number of rotatable bonds is 3. The van der Waals surface area contributed by atoms with E-state index >= 15 is 0 Å². The summed E-state index contributed by atoms with van der Waals surface area (Å²) in [5, 5.41) is 0. The van der Waals surface area contributed by atoms with Crippen LogP contribution >= 0.6 is 0 Å². The van der Waals surface area contributed by atoms with Crippen molar-refractivity contribution in [3.8, 4) is 0 Å². The van der Waals surface area contributed by atoms with E-state index in [1.807, 2.05) is 30.3 Å². The zero-order valence-corrected chi connectivity index (χ0v) is 10.4. The maximum Gasteiger partial charge on any atom is 0.304 e. The lowest BCUT2D eigenvalue weighted by molar-refractivity contribution is -0.155. The summed E-state index contributed by atoms with van der Waals surface area (Å²) >= 11 is 0. The van der Waals surface area contributed by atoms with Gasteiger partial charge in [-0.2, -0.15) is 0 Å². The van der Waals surface area contributed by atoms with Crippen molar-refractivity contribution in [1.82, 2.24) is 4.90 Å². The zero-order chi connectivity index (χ0) is 13.1. The topological polar surface area (TPSA) is 46.6 Å². The Labute approximate surface area is 106 Å². The number of hydrogen-bond acceptors (Lipinski definition) is 3. The highest BCUT2D eigenvalue weighted by Gasteiger charge is 2.31. The van der Waals surface area contributed by atoms with E-state index in [0.29, 0.717) is 12.1 Å². The molecule has 1 aliphatic rings. The Kier molecular flexibility index (Phi) is 3.46. The molecular formula is C14H15NO3. The second-order valence-electron chi connectivity index (χ2n) is 4.27. The summed E-state index contributed by atoms with van der Waals surface area (Å²) in [4.78, 5) is 24.5. The van der Waals surface area contributed by atoms with Gasteiger partial charge in [0.15, 0.2) is 6.23 Å². The van der Waals surface area contributed by atoms with Crippen LogP contribution in [-0.4, -0.2) is 23.0 Å². The van der Waals surface area contributed by atoms with Crippen LogP contribution in [0.1, 0.15) is 19.4 Å². The van der Waals surface area contributed by atoms with Crippen molar-refractivity contribution < 1.29 is 14.3 Å². The predicted octanol–water partition coefficient (Wildman–Crippen LogP) is 1.86. The standard InChI is InChI=1S/C14H15NO3/c1-10-8-13(18-11(2)16)15(14(10)17)9-12-6-4-3-5-7-12/h3-8,13H,9H2,1-2H3/t13-/m0/s1. The monoisotopic (exact) mass is 245 g/mol. The Morgan fingerprint density at radius 1 is 1.33 bits per heavy atom. The SMILES string of the molecule is CC(=O)O[C@H]1C=C(C)C(=O)N1Cc1ccccc1. The maximum absolute atomic E-state index is 12.0. The fourth-order valence-corrected chi connectivity index (χ4v) is 1.93. The molecule has 0 spiro atoms. The van der Waals surface area contributed by atoms with Gasteiger partial charge in [-0.15, -0.1) is 0 Å². The highest BCUT2D eigenvalue weighted by molar-refractivity contribution is 5.95. The molecular weight excluding hydrogens is 230 g/mol. The number of esters is 1. The second-order valence-corrected chi connectivity index (χ2v) is 4.27. The van der Waals surface area contributed by atoms with E-state index < -0.39 is 12.2 Å². The lowest BCUT2D eigenvalue weighted by Crippen LogP contribution is -2.36. The smallest absolute Gasteiger partial charge is 0.304 e. The van der Waals surface area contributed by atoms with Crippen molar-refractivity contribution in [1.29, 1.82) is 0 Å². The molecule has 0 N–H and O–H groups in total. The molecule has 0 fully saturated rings. The Bertz CT molecular complexity index is 493. The fourth-order valence-electron chi connectivity index (χ4n) is 1.93. The van der Waals surface area contributed by atoms with Gasteiger partial charge in [0.05, 0.1) is 0 Å². The minimum atomic E-state index is -0.588. The summed E-state index contributed by atoms with van der Waals surface area (Å²) in [5.41, 5.74) is 1.61. The van der Waals surface area contributed by atoms with Crippen LogP contribution in [0.25, 0.3) is 0 Å². The van der Waals surface area contributed by atoms with E-state index in [1.54, 1.807) is 17.9 Å². The first-order valence-electron chi connectivity index (χ1n) is 5.78. The normalized spacial score (nSPS) is 18.8. The predicted molar refractivity (Wildman–Crippen MR) is 66.3 cm³/mol. The number of hydrogen-bond donors (Lipinski definition) is 0. The van der Waals surface area contributed by atoms with E-state index in [4.69, 9.17) is 4.74 Å². The first kappa shape index (κ1) is 12.4. The first-order valence-corrected chi connectivity index (χ1v) is 5.78. The molecule has 18 heavy (non-hydrogen) atoms. The summed E-state index contributed by atoms with van der Waals surface area (Å²) in [5.74, 6) is -0.484. The molecule has 94 valence electrons. The van der Waals surface area contributed by atoms with E-state index in [-0.39, 0.29) is 5.91 Å². The van der Waals surface area contributed by atoms with Crippen LogP contribution in [0.2, 0.25) is 0 Å². The highest BCUT2D eigenvalue weighted by Crippen LogP contribution is 2.21. The number of benzene rings is 1. The first-order chi connectivity index (χ1) is 8.58. The molecule has 0 radical (unpaired) electrons. The Morgan fingerprint density at radius 2 is 2.00 bits per heavy atom. The molecule has 1 aromatic rings. The third-order valence-corrected chi connectivity index (χ3v) is 2.78. The number of nitrogens with zero attached hydrogens (tertiary/aromatic N) is 1. The fraction of sp³-hybridized carbons (Fsp3) is 0.286. The Morgan fingerprint density at radius 3 is 2.61 bits per heavy atom. The Balaban J connectivity index is 2.15. The molecule has 1 heterocycles. The van der Waals surface area contributed by atoms with E-state index in [9.17, 15) is 9.59 Å². The largest absolute Gasteiger partial charge is 0.438 e. The van der Waals surface area contributed by atoms with Gasteiger partial charge in [-0.25, -0.2) is 0 Å². The average Bonchev–Trinajstić information content (AvgIpc) is 2.58. The Hall–Kier alpha value is -2.10. The van der Waals surface area contributed by atoms with Gasteiger partial charge in [-0.3, -0.25) is 14.5 Å². The summed E-state index contributed by atoms with van der Waals surface area (Å²) in [6.45, 7) is 3.50. The van der Waals surface area contributed by atoms with Gasteiger partial charge in [0.2, 0.25) is 0 Å². The van der Waals surface area contributed by atoms with E-state index in [0.717, 1.165) is 5.56 Å². The van der Waals surface area contributed by atoms with Gasteiger partial charge >= 0.3 is 5.97 Å². The van der Waals surface area contributed by atoms with Crippen LogP contribution in [0.15, 0.2) is 42.0 Å². The molecule has 0 aromatic heterocycles. The van der Waals surface area contributed by atoms with Gasteiger partial charge in [-0.1, -0.05) is 30.3 Å². The summed E-state index contributed by atoms with van der Waals surface area (Å²) in [7, 11) is 0. The third-order valence-electron chi connectivity index (χ3n) is 2.78. The molecule has 0 bridgehead atoms. The molecule has 0 saturated heterocycles. The summed E-state index contributed by atoms with van der Waals surface area (Å²) in [6.07, 6.45) is 1.09. The van der Waals surface area contributed by atoms with Crippen LogP contribution < -0.4 is 0 Å². The van der Waals surface area contributed by atoms with E-state index in [1.165, 1.54) is 6.92 Å². The van der Waals surface area contributed by atoms with Gasteiger partial charge in [0.25, 0.3) is 5.91 Å². The average molecular weight is 245 g/mol. The van der Waals surface area contributed by atoms with Crippen LogP contribution in [0, 0.1) is 0 Å². The van der Waals surface area contributed by atoms with Gasteiger partial charge < -0.3 is 4.74 Å². The third kappa shape index (κ3) is 2.59. The van der Waals surface area contributed by atoms with Crippen LogP contribution in [-0.2, 0) is 20.9 Å². The number of carbonyl (C=O) groups excluding carboxylic acids is 2. The minimum Gasteiger partial charge on any atom is -0.438 e. The molecule has 0 saturated carbocycles. The van der Waals surface area contributed by atoms with Crippen molar-refractivity contribution in [2.45, 2.75) is 26.6 Å². The van der Waals surface area contributed by atoms with Crippen molar-refractivity contribution in [3.05, 3.63) is 47.5 Å². The van der Waals surface area contributed by atoms with Gasteiger partial charge in [0, 0.05) is 19.0 Å². The van der Waals surface area contributed by atoms with Crippen molar-refractivity contribution in [3.63, 3.8) is 0 Å². The molecule has 0 unspecified atom stereocenters. The van der Waals surface area contributed by atoms with Crippen molar-refractivity contribution in [2.75, 3.05) is 0 Å². The molecule has 1 aliphatic heterocycles. The zero-order valence-electron chi connectivity index (χ0n) is 10.4. The lowest BCUT2D eigenvalue weighted by atomic mass is 10.2. The maximum atomic E-state index is 12.0. The number of amides is 1. The van der Waals surface area contributed by atoms with Crippen molar-refractivity contribution in [2.24, 2.45) is 0 Å². The van der Waals surface area contributed by atoms with E-state index in [2.05, 4.69) is 0 Å². The molecule has 1 atom stereocenters. The number of carbonyl (C=O) groups is 2. The molecule has 1 aromatic carbocycles. The molecule has 2 rings (SSSR count). The second kappa shape index (κ2) is 5.04. The molecule has 1 amide bonds. The summed E-state index contributed by atoms with van der Waals surface area (Å²) < 4.78 is 5.13. The molecule has 0 aliphatic carbocycles. The minimum absolute atomic E-state index is 0.0925. The van der Waals surface area contributed by atoms with Crippen LogP contribution in [0.5, 0.6) is 0 Å². The van der Waals surface area contributed by atoms with Gasteiger partial charge in [0.1, 0.15) is 0 Å². The highest BCUT2D eigenvalue weighted by atomic mass is 16.6. The summed E-state index contributed by atoms with van der Waals surface area (Å²) in [6, 6.07) is 9.62. The van der Waals surface area contributed by atoms with Crippen molar-refractivity contribution >= 4 is 11.9 Å². The quantitative estimate of drug-likeness (QED) is 0.764. The van der Waals surface area contributed by atoms with Crippen LogP contribution in [0.4, 0.5) is 0 Å². The molecule has 4 nitrogen and oxygen atoms in total. The van der Waals surface area contributed by atoms with Crippen LogP contribution in [0.3, 0.4) is 0 Å². The number of ether oxygens (including phenoxy) is 1. The molecule has 4 heteroatoms.